The molecule has 0 aliphatic heterocycles. The van der Waals surface area contributed by atoms with Crippen LogP contribution in [-0.2, 0) is 30.4 Å². The molecule has 2 aromatic rings. The van der Waals surface area contributed by atoms with Gasteiger partial charge in [0.05, 0.1) is 23.7 Å². The minimum absolute atomic E-state index is 0.163. The molecular formula is C19H21NO7S2. The average Bonchev–Trinajstić information content (AvgIpc) is 2.60. The van der Waals surface area contributed by atoms with Crippen molar-refractivity contribution in [3.63, 3.8) is 0 Å². The van der Waals surface area contributed by atoms with E-state index in [1.165, 1.54) is 24.3 Å². The number of aliphatic carboxylic acids is 1. The minimum atomic E-state index is -3.74. The molecule has 0 aliphatic rings. The molecule has 0 aromatic heterocycles. The van der Waals surface area contributed by atoms with Crippen LogP contribution in [0.1, 0.15) is 22.3 Å². The smallest absolute Gasteiger partial charge is 0.307 e. The van der Waals surface area contributed by atoms with Gasteiger partial charge in [-0.15, -0.1) is 0 Å². The molecule has 1 atom stereocenters. The average molecular weight is 440 g/mol. The summed E-state index contributed by atoms with van der Waals surface area (Å²) >= 11 is 0. The van der Waals surface area contributed by atoms with Gasteiger partial charge in [-0.25, -0.2) is 16.8 Å². The van der Waals surface area contributed by atoms with Crippen LogP contribution in [0.25, 0.3) is 0 Å². The monoisotopic (exact) mass is 439 g/mol. The third-order valence-electron chi connectivity index (χ3n) is 3.98. The first-order chi connectivity index (χ1) is 13.5. The van der Waals surface area contributed by atoms with E-state index in [0.717, 1.165) is 6.26 Å². The summed E-state index contributed by atoms with van der Waals surface area (Å²) in [5.74, 6) is -4.26. The molecule has 0 amide bonds. The van der Waals surface area contributed by atoms with E-state index < -0.39 is 49.7 Å². The Morgan fingerprint density at radius 3 is 2.07 bits per heavy atom. The molecule has 0 bridgehead atoms. The molecule has 8 nitrogen and oxygen atoms in total. The van der Waals surface area contributed by atoms with E-state index in [1.807, 2.05) is 0 Å². The number of carbonyl (C=O) groups excluding carboxylic acids is 1. The zero-order valence-electron chi connectivity index (χ0n) is 15.6. The topological polar surface area (TPSA) is 135 Å². The number of sulfonamides is 1. The molecule has 2 rings (SSSR count). The largest absolute Gasteiger partial charge is 0.481 e. The fourth-order valence-electron chi connectivity index (χ4n) is 2.69. The van der Waals surface area contributed by atoms with E-state index in [9.17, 15) is 31.5 Å². The van der Waals surface area contributed by atoms with Gasteiger partial charge in [-0.05, 0) is 29.8 Å². The third kappa shape index (κ3) is 7.66. The predicted molar refractivity (Wildman–Crippen MR) is 109 cm³/mol. The van der Waals surface area contributed by atoms with Gasteiger partial charge in [0.15, 0.2) is 15.6 Å². The van der Waals surface area contributed by atoms with Crippen molar-refractivity contribution in [2.75, 3.05) is 16.7 Å². The number of benzene rings is 2. The number of hydrogen-bond acceptors (Lipinski definition) is 6. The van der Waals surface area contributed by atoms with E-state index >= 15 is 0 Å². The van der Waals surface area contributed by atoms with E-state index in [1.54, 1.807) is 30.3 Å². The van der Waals surface area contributed by atoms with Crippen molar-refractivity contribution in [1.29, 1.82) is 0 Å². The van der Waals surface area contributed by atoms with Crippen molar-refractivity contribution in [3.8, 4) is 0 Å². The molecule has 29 heavy (non-hydrogen) atoms. The van der Waals surface area contributed by atoms with Crippen molar-refractivity contribution in [2.24, 2.45) is 5.92 Å². The van der Waals surface area contributed by atoms with Crippen LogP contribution in [-0.4, -0.2) is 45.7 Å². The van der Waals surface area contributed by atoms with Gasteiger partial charge in [-0.1, -0.05) is 30.3 Å². The van der Waals surface area contributed by atoms with Crippen molar-refractivity contribution in [1.82, 2.24) is 0 Å². The van der Waals surface area contributed by atoms with Crippen molar-refractivity contribution in [3.05, 3.63) is 65.7 Å². The van der Waals surface area contributed by atoms with Crippen molar-refractivity contribution >= 4 is 37.3 Å². The highest BCUT2D eigenvalue weighted by Crippen LogP contribution is 2.18. The fraction of sp³-hybridized carbons (Fsp3) is 0.263. The molecule has 0 saturated heterocycles. The van der Waals surface area contributed by atoms with Crippen molar-refractivity contribution < 1.29 is 31.5 Å². The highest BCUT2D eigenvalue weighted by Gasteiger charge is 2.28. The Kier molecular flexibility index (Phi) is 7.15. The highest BCUT2D eigenvalue weighted by atomic mass is 32.2. The maximum Gasteiger partial charge on any atom is 0.307 e. The third-order valence-corrected chi connectivity index (χ3v) is 6.27. The standard InChI is InChI=1S/C19H21NO7S2/c1-28(24,25)20-17-9-7-15(8-10-17)18(21)11-16(19(22)23)13-29(26,27)12-14-5-3-2-4-6-14/h2-10,16,20H,11-13H2,1H3,(H,22,23). The normalized spacial score (nSPS) is 12.9. The number of ketones is 1. The summed E-state index contributed by atoms with van der Waals surface area (Å²) in [6.45, 7) is 0. The van der Waals surface area contributed by atoms with E-state index in [2.05, 4.69) is 4.72 Å². The number of rotatable bonds is 10. The SMILES string of the molecule is CS(=O)(=O)Nc1ccc(C(=O)CC(CS(=O)(=O)Cc2ccccc2)C(=O)O)cc1. The minimum Gasteiger partial charge on any atom is -0.481 e. The van der Waals surface area contributed by atoms with Gasteiger partial charge in [-0.3, -0.25) is 14.3 Å². The van der Waals surface area contributed by atoms with Crippen LogP contribution in [0.3, 0.4) is 0 Å². The number of carbonyl (C=O) groups is 2. The lowest BCUT2D eigenvalue weighted by molar-refractivity contribution is -0.140. The first-order valence-electron chi connectivity index (χ1n) is 8.53. The summed E-state index contributed by atoms with van der Waals surface area (Å²) in [4.78, 5) is 23.9. The molecule has 2 aromatic carbocycles. The molecule has 0 fully saturated rings. The molecular weight excluding hydrogens is 418 g/mol. The molecule has 2 N–H and O–H groups in total. The lowest BCUT2D eigenvalue weighted by Gasteiger charge is -2.13. The summed E-state index contributed by atoms with van der Waals surface area (Å²) in [5, 5.41) is 9.38. The van der Waals surface area contributed by atoms with Crippen LogP contribution in [0, 0.1) is 5.92 Å². The van der Waals surface area contributed by atoms with Gasteiger partial charge in [0.25, 0.3) is 0 Å². The summed E-state index contributed by atoms with van der Waals surface area (Å²) in [6.07, 6.45) is 0.502. The predicted octanol–water partition coefficient (Wildman–Crippen LogP) is 1.95. The Morgan fingerprint density at radius 2 is 1.55 bits per heavy atom. The first kappa shape index (κ1) is 22.6. The molecule has 0 radical (unpaired) electrons. The number of nitrogens with one attached hydrogen (secondary N) is 1. The molecule has 0 spiro atoms. The van der Waals surface area contributed by atoms with Crippen LogP contribution in [0.15, 0.2) is 54.6 Å². The van der Waals surface area contributed by atoms with Crippen LogP contribution >= 0.6 is 0 Å². The van der Waals surface area contributed by atoms with Gasteiger partial charge >= 0.3 is 5.97 Å². The maximum atomic E-state index is 12.4. The Balaban J connectivity index is 2.08. The number of carboxylic acids is 1. The molecule has 0 heterocycles. The van der Waals surface area contributed by atoms with Gasteiger partial charge in [0.2, 0.25) is 10.0 Å². The van der Waals surface area contributed by atoms with Gasteiger partial charge in [0, 0.05) is 17.7 Å². The molecule has 1 unspecified atom stereocenters. The Labute approximate surface area is 169 Å². The number of Topliss-reactive ketones (excluding diaryl/α,β-unsaturated/α-hetero) is 1. The summed E-state index contributed by atoms with van der Waals surface area (Å²) in [7, 11) is -7.21. The number of anilines is 1. The van der Waals surface area contributed by atoms with Gasteiger partial charge < -0.3 is 5.11 Å². The Hall–Kier alpha value is -2.72. The van der Waals surface area contributed by atoms with Crippen LogP contribution in [0.5, 0.6) is 0 Å². The van der Waals surface area contributed by atoms with Gasteiger partial charge in [0.1, 0.15) is 0 Å². The summed E-state index contributed by atoms with van der Waals surface area (Å²) in [5.41, 5.74) is 0.956. The lowest BCUT2D eigenvalue weighted by atomic mass is 9.99. The lowest BCUT2D eigenvalue weighted by Crippen LogP contribution is -2.27. The maximum absolute atomic E-state index is 12.4. The second-order valence-corrected chi connectivity index (χ2v) is 10.5. The Bertz CT molecular complexity index is 1080. The zero-order valence-corrected chi connectivity index (χ0v) is 17.2. The van der Waals surface area contributed by atoms with Crippen LogP contribution in [0.4, 0.5) is 5.69 Å². The summed E-state index contributed by atoms with van der Waals surface area (Å²) < 4.78 is 49.4. The number of hydrogen-bond donors (Lipinski definition) is 2. The number of carboxylic acid groups (broad SMARTS) is 1. The van der Waals surface area contributed by atoms with Gasteiger partial charge in [-0.2, -0.15) is 0 Å². The molecule has 0 aliphatic carbocycles. The zero-order chi connectivity index (χ0) is 21.7. The van der Waals surface area contributed by atoms with E-state index in [-0.39, 0.29) is 17.0 Å². The van der Waals surface area contributed by atoms with Crippen LogP contribution < -0.4 is 4.72 Å². The van der Waals surface area contributed by atoms with Crippen molar-refractivity contribution in [2.45, 2.75) is 12.2 Å². The second-order valence-electron chi connectivity index (χ2n) is 6.65. The molecule has 156 valence electrons. The van der Waals surface area contributed by atoms with Crippen LogP contribution in [0.2, 0.25) is 0 Å². The quantitative estimate of drug-likeness (QED) is 0.540. The van der Waals surface area contributed by atoms with E-state index in [4.69, 9.17) is 0 Å². The first-order valence-corrected chi connectivity index (χ1v) is 12.2. The summed E-state index contributed by atoms with van der Waals surface area (Å²) in [6, 6.07) is 13.8. The molecule has 10 heteroatoms. The Morgan fingerprint density at radius 1 is 0.966 bits per heavy atom. The fourth-order valence-corrected chi connectivity index (χ4v) is 4.95. The second kappa shape index (κ2) is 9.19. The molecule has 0 saturated carbocycles. The number of sulfone groups is 1. The highest BCUT2D eigenvalue weighted by molar-refractivity contribution is 7.92. The van der Waals surface area contributed by atoms with E-state index in [0.29, 0.717) is 5.56 Å².